The van der Waals surface area contributed by atoms with Gasteiger partial charge in [0, 0.05) is 6.54 Å². The van der Waals surface area contributed by atoms with Gasteiger partial charge >= 0.3 is 0 Å². The van der Waals surface area contributed by atoms with Crippen LogP contribution in [0.25, 0.3) is 0 Å². The molecule has 1 aliphatic heterocycles. The Labute approximate surface area is 186 Å². The van der Waals surface area contributed by atoms with Crippen molar-refractivity contribution < 1.29 is 16.8 Å². The highest BCUT2D eigenvalue weighted by Crippen LogP contribution is 2.44. The van der Waals surface area contributed by atoms with Gasteiger partial charge in [-0.3, -0.25) is 0 Å². The van der Waals surface area contributed by atoms with Crippen LogP contribution in [0.1, 0.15) is 30.4 Å². The number of hydrogen-bond donors (Lipinski definition) is 0. The van der Waals surface area contributed by atoms with Gasteiger partial charge in [-0.2, -0.15) is 0 Å². The van der Waals surface area contributed by atoms with Gasteiger partial charge in [0.05, 0.1) is 11.5 Å². The van der Waals surface area contributed by atoms with Crippen LogP contribution < -0.4 is 0 Å². The highest BCUT2D eigenvalue weighted by atomic mass is 35.5. The molecule has 30 heavy (non-hydrogen) atoms. The van der Waals surface area contributed by atoms with Gasteiger partial charge < -0.3 is 4.90 Å². The van der Waals surface area contributed by atoms with Crippen molar-refractivity contribution in [3.8, 4) is 0 Å². The zero-order valence-corrected chi connectivity index (χ0v) is 19.7. The molecule has 2 aromatic rings. The summed E-state index contributed by atoms with van der Waals surface area (Å²) in [5.74, 6) is -0.157. The Balaban J connectivity index is 0.00000320. The Morgan fingerprint density at radius 3 is 1.93 bits per heavy atom. The van der Waals surface area contributed by atoms with Gasteiger partial charge in [-0.05, 0) is 50.4 Å². The normalized spacial score (nSPS) is 19.1. The molecule has 0 saturated carbocycles. The molecule has 0 amide bonds. The van der Waals surface area contributed by atoms with Crippen molar-refractivity contribution in [3.05, 3.63) is 71.8 Å². The van der Waals surface area contributed by atoms with E-state index < -0.39 is 23.8 Å². The second kappa shape index (κ2) is 10.3. The lowest BCUT2D eigenvalue weighted by molar-refractivity contribution is 0.326. The van der Waals surface area contributed by atoms with Gasteiger partial charge in [-0.15, -0.1) is 12.4 Å². The first-order valence-corrected chi connectivity index (χ1v) is 13.3. The van der Waals surface area contributed by atoms with Crippen LogP contribution in [-0.2, 0) is 30.2 Å². The lowest BCUT2D eigenvalue weighted by Gasteiger charge is -2.37. The number of sulfone groups is 2. The molecule has 0 atom stereocenters. The molecule has 8 heteroatoms. The van der Waals surface area contributed by atoms with E-state index in [-0.39, 0.29) is 36.8 Å². The molecule has 0 radical (unpaired) electrons. The Hall–Kier alpha value is -1.41. The van der Waals surface area contributed by atoms with Crippen LogP contribution in [0.5, 0.6) is 0 Å². The molecule has 0 unspecified atom stereocenters. The standard InChI is InChI=1S/C22H29NO4S2.ClH/c1-23(17-14-20-10-4-2-5-11-20)16-8-15-22(21-12-6-3-7-13-21)28(24,25)18-9-19-29(22,26)27;/h2-7,10-13H,8-9,14-19H2,1H3;1H. The summed E-state index contributed by atoms with van der Waals surface area (Å²) >= 11 is 0. The van der Waals surface area contributed by atoms with Crippen molar-refractivity contribution in [2.24, 2.45) is 0 Å². The van der Waals surface area contributed by atoms with E-state index in [4.69, 9.17) is 0 Å². The van der Waals surface area contributed by atoms with Gasteiger partial charge in [0.25, 0.3) is 0 Å². The van der Waals surface area contributed by atoms with Crippen molar-refractivity contribution in [3.63, 3.8) is 0 Å². The van der Waals surface area contributed by atoms with E-state index in [1.807, 2.05) is 25.2 Å². The number of hydrogen-bond acceptors (Lipinski definition) is 5. The molecule has 0 aromatic heterocycles. The predicted molar refractivity (Wildman–Crippen MR) is 124 cm³/mol. The molecular formula is C22H30ClNO4S2. The van der Waals surface area contributed by atoms with Crippen molar-refractivity contribution >= 4 is 32.1 Å². The summed E-state index contributed by atoms with van der Waals surface area (Å²) in [7, 11) is -5.62. The van der Waals surface area contributed by atoms with E-state index in [1.165, 1.54) is 5.56 Å². The predicted octanol–water partition coefficient (Wildman–Crippen LogP) is 3.45. The summed E-state index contributed by atoms with van der Waals surface area (Å²) in [6.45, 7) is 1.48. The highest BCUT2D eigenvalue weighted by Gasteiger charge is 2.57. The van der Waals surface area contributed by atoms with Crippen LogP contribution >= 0.6 is 12.4 Å². The average Bonchev–Trinajstić information content (AvgIpc) is 2.69. The maximum Gasteiger partial charge on any atom is 0.198 e. The summed E-state index contributed by atoms with van der Waals surface area (Å²) in [5.41, 5.74) is 1.63. The van der Waals surface area contributed by atoms with Crippen LogP contribution in [0.3, 0.4) is 0 Å². The van der Waals surface area contributed by atoms with Crippen LogP contribution in [0, 0.1) is 0 Å². The minimum atomic E-state index is -3.81. The van der Waals surface area contributed by atoms with E-state index >= 15 is 0 Å². The average molecular weight is 472 g/mol. The summed E-state index contributed by atoms with van der Waals surface area (Å²) in [6, 6.07) is 18.6. The maximum atomic E-state index is 13.1. The van der Waals surface area contributed by atoms with E-state index in [0.29, 0.717) is 18.5 Å². The quantitative estimate of drug-likeness (QED) is 0.589. The van der Waals surface area contributed by atoms with Crippen molar-refractivity contribution in [1.82, 2.24) is 4.90 Å². The first kappa shape index (κ1) is 24.9. The van der Waals surface area contributed by atoms with Crippen molar-refractivity contribution in [2.45, 2.75) is 29.8 Å². The fraction of sp³-hybridized carbons (Fsp3) is 0.455. The minimum Gasteiger partial charge on any atom is -0.306 e. The molecule has 1 aliphatic rings. The number of rotatable bonds is 8. The second-order valence-corrected chi connectivity index (χ2v) is 12.7. The fourth-order valence-electron chi connectivity index (χ4n) is 4.13. The highest BCUT2D eigenvalue weighted by molar-refractivity contribution is 8.10. The van der Waals surface area contributed by atoms with Gasteiger partial charge in [-0.25, -0.2) is 16.8 Å². The second-order valence-electron chi connectivity index (χ2n) is 7.75. The summed E-state index contributed by atoms with van der Waals surface area (Å²) in [5, 5.41) is 0. The maximum absolute atomic E-state index is 13.1. The Bertz CT molecular complexity index is 976. The number of benzene rings is 2. The zero-order chi connectivity index (χ0) is 21.0. The van der Waals surface area contributed by atoms with Crippen LogP contribution in [-0.4, -0.2) is 53.4 Å². The van der Waals surface area contributed by atoms with Crippen LogP contribution in [0.4, 0.5) is 0 Å². The third-order valence-corrected chi connectivity index (χ3v) is 11.8. The Morgan fingerprint density at radius 2 is 1.37 bits per heavy atom. The zero-order valence-electron chi connectivity index (χ0n) is 17.2. The number of nitrogens with zero attached hydrogens (tertiary/aromatic N) is 1. The molecule has 5 nitrogen and oxygen atoms in total. The summed E-state index contributed by atoms with van der Waals surface area (Å²) < 4.78 is 50.6. The number of halogens is 1. The molecule has 1 saturated heterocycles. The largest absolute Gasteiger partial charge is 0.306 e. The lowest BCUT2D eigenvalue weighted by atomic mass is 10.1. The molecule has 166 valence electrons. The third kappa shape index (κ3) is 5.07. The van der Waals surface area contributed by atoms with Gasteiger partial charge in [0.15, 0.2) is 23.8 Å². The molecule has 0 N–H and O–H groups in total. The summed E-state index contributed by atoms with van der Waals surface area (Å²) in [6.07, 6.45) is 1.67. The number of likely N-dealkylation sites (N-methyl/N-ethyl adjacent to an activating group) is 1. The van der Waals surface area contributed by atoms with Crippen molar-refractivity contribution in [1.29, 1.82) is 0 Å². The fourth-order valence-corrected chi connectivity index (χ4v) is 9.97. The van der Waals surface area contributed by atoms with Crippen LogP contribution in [0.2, 0.25) is 0 Å². The van der Waals surface area contributed by atoms with Crippen molar-refractivity contribution in [2.75, 3.05) is 31.6 Å². The van der Waals surface area contributed by atoms with Gasteiger partial charge in [0.2, 0.25) is 0 Å². The van der Waals surface area contributed by atoms with E-state index in [2.05, 4.69) is 17.0 Å². The molecule has 2 aromatic carbocycles. The topological polar surface area (TPSA) is 71.5 Å². The Kier molecular flexibility index (Phi) is 8.51. The molecule has 0 bridgehead atoms. The molecule has 1 heterocycles. The molecule has 1 fully saturated rings. The molecular weight excluding hydrogens is 442 g/mol. The Morgan fingerprint density at radius 1 is 0.833 bits per heavy atom. The van der Waals surface area contributed by atoms with E-state index in [0.717, 1.165) is 13.0 Å². The lowest BCUT2D eigenvalue weighted by Crippen LogP contribution is -2.50. The molecule has 0 spiro atoms. The SMILES string of the molecule is CN(CCCC1(c2ccccc2)S(=O)(=O)CCCS1(=O)=O)CCc1ccccc1.Cl. The third-order valence-electron chi connectivity index (χ3n) is 5.72. The van der Waals surface area contributed by atoms with Gasteiger partial charge in [-0.1, -0.05) is 60.7 Å². The van der Waals surface area contributed by atoms with E-state index in [9.17, 15) is 16.8 Å². The van der Waals surface area contributed by atoms with Gasteiger partial charge in [0.1, 0.15) is 0 Å². The van der Waals surface area contributed by atoms with Crippen LogP contribution in [0.15, 0.2) is 60.7 Å². The molecule has 0 aliphatic carbocycles. The minimum absolute atomic E-state index is 0. The molecule has 3 rings (SSSR count). The smallest absolute Gasteiger partial charge is 0.198 e. The van der Waals surface area contributed by atoms with E-state index in [1.54, 1.807) is 30.3 Å². The first-order valence-electron chi connectivity index (χ1n) is 10.0. The monoisotopic (exact) mass is 471 g/mol. The first-order chi connectivity index (χ1) is 13.8. The summed E-state index contributed by atoms with van der Waals surface area (Å²) in [4.78, 5) is 2.13.